The number of rotatable bonds is 5. The normalized spacial score (nSPS) is 10.2. The van der Waals surface area contributed by atoms with E-state index in [2.05, 4.69) is 0 Å². The first-order valence-corrected chi connectivity index (χ1v) is 6.12. The first-order chi connectivity index (χ1) is 9.58. The lowest BCUT2D eigenvalue weighted by atomic mass is 10.00. The lowest BCUT2D eigenvalue weighted by molar-refractivity contribution is -0.384. The fourth-order valence-electron chi connectivity index (χ4n) is 2.05. The summed E-state index contributed by atoms with van der Waals surface area (Å²) in [7, 11) is 0. The molecule has 0 amide bonds. The van der Waals surface area contributed by atoms with Gasteiger partial charge in [-0.1, -0.05) is 30.3 Å². The molecular weight excluding hydrogens is 258 g/mol. The number of hydrogen-bond donors (Lipinski definition) is 1. The van der Waals surface area contributed by atoms with Crippen molar-refractivity contribution in [2.45, 2.75) is 12.8 Å². The van der Waals surface area contributed by atoms with Gasteiger partial charge < -0.3 is 5.11 Å². The van der Waals surface area contributed by atoms with Crippen molar-refractivity contribution in [3.05, 3.63) is 75.3 Å². The summed E-state index contributed by atoms with van der Waals surface area (Å²) in [5.74, 6) is -0.959. The van der Waals surface area contributed by atoms with Crippen LogP contribution in [0.15, 0.2) is 48.5 Å². The van der Waals surface area contributed by atoms with Crippen molar-refractivity contribution in [3.8, 4) is 0 Å². The van der Waals surface area contributed by atoms with Gasteiger partial charge in [0.2, 0.25) is 0 Å². The number of nitro benzene ring substituents is 1. The molecule has 0 aliphatic carbocycles. The summed E-state index contributed by atoms with van der Waals surface area (Å²) < 4.78 is 0. The van der Waals surface area contributed by atoms with Gasteiger partial charge >= 0.3 is 5.97 Å². The number of carboxylic acids is 1. The largest absolute Gasteiger partial charge is 0.478 e. The van der Waals surface area contributed by atoms with Crippen LogP contribution in [-0.4, -0.2) is 16.0 Å². The number of hydrogen-bond acceptors (Lipinski definition) is 3. The van der Waals surface area contributed by atoms with E-state index in [-0.39, 0.29) is 11.3 Å². The molecule has 0 heterocycles. The molecule has 2 rings (SSSR count). The Morgan fingerprint density at radius 3 is 2.55 bits per heavy atom. The number of aromatic carboxylic acids is 1. The Balaban J connectivity index is 2.15. The maximum atomic E-state index is 11.1. The molecule has 0 fully saturated rings. The van der Waals surface area contributed by atoms with Crippen LogP contribution in [0.4, 0.5) is 5.69 Å². The summed E-state index contributed by atoms with van der Waals surface area (Å²) in [5, 5.41) is 19.8. The number of nitro groups is 1. The molecule has 0 unspecified atom stereocenters. The number of carboxylic acid groups (broad SMARTS) is 1. The molecule has 0 aliphatic rings. The van der Waals surface area contributed by atoms with Crippen LogP contribution in [0.25, 0.3) is 0 Å². The highest BCUT2D eigenvalue weighted by atomic mass is 16.6. The van der Waals surface area contributed by atoms with E-state index in [1.807, 2.05) is 0 Å². The lowest BCUT2D eigenvalue weighted by Crippen LogP contribution is -2.03. The van der Waals surface area contributed by atoms with Crippen LogP contribution >= 0.6 is 0 Å². The Morgan fingerprint density at radius 2 is 1.85 bits per heavy atom. The number of benzene rings is 2. The molecule has 0 spiro atoms. The average Bonchev–Trinajstić information content (AvgIpc) is 2.45. The Hall–Kier alpha value is -2.69. The molecule has 0 bridgehead atoms. The summed E-state index contributed by atoms with van der Waals surface area (Å²) in [4.78, 5) is 21.4. The molecule has 5 nitrogen and oxygen atoms in total. The van der Waals surface area contributed by atoms with Gasteiger partial charge in [0.25, 0.3) is 5.69 Å². The SMILES string of the molecule is O=C(O)c1ccccc1CCc1cccc([N+](=O)[O-])c1. The zero-order valence-corrected chi connectivity index (χ0v) is 10.7. The van der Waals surface area contributed by atoms with Gasteiger partial charge in [-0.25, -0.2) is 4.79 Å². The Labute approximate surface area is 115 Å². The van der Waals surface area contributed by atoms with E-state index in [1.165, 1.54) is 12.1 Å². The summed E-state index contributed by atoms with van der Waals surface area (Å²) in [6, 6.07) is 13.2. The van der Waals surface area contributed by atoms with Crippen molar-refractivity contribution in [1.29, 1.82) is 0 Å². The van der Waals surface area contributed by atoms with Gasteiger partial charge in [-0.15, -0.1) is 0 Å². The van der Waals surface area contributed by atoms with Crippen LogP contribution in [0.3, 0.4) is 0 Å². The number of non-ortho nitro benzene ring substituents is 1. The fourth-order valence-corrected chi connectivity index (χ4v) is 2.05. The molecule has 102 valence electrons. The minimum Gasteiger partial charge on any atom is -0.478 e. The van der Waals surface area contributed by atoms with Gasteiger partial charge in [0, 0.05) is 12.1 Å². The molecule has 0 aromatic heterocycles. The molecule has 0 aliphatic heterocycles. The van der Waals surface area contributed by atoms with Crippen molar-refractivity contribution in [2.75, 3.05) is 0 Å². The Morgan fingerprint density at radius 1 is 1.10 bits per heavy atom. The van der Waals surface area contributed by atoms with E-state index in [0.717, 1.165) is 11.1 Å². The number of carbonyl (C=O) groups is 1. The van der Waals surface area contributed by atoms with E-state index in [4.69, 9.17) is 5.11 Å². The summed E-state index contributed by atoms with van der Waals surface area (Å²) in [5.41, 5.74) is 1.87. The van der Waals surface area contributed by atoms with Gasteiger partial charge in [0.1, 0.15) is 0 Å². The molecule has 0 radical (unpaired) electrons. The first-order valence-electron chi connectivity index (χ1n) is 6.12. The highest BCUT2D eigenvalue weighted by Crippen LogP contribution is 2.16. The molecular formula is C15H13NO4. The summed E-state index contributed by atoms with van der Waals surface area (Å²) >= 11 is 0. The standard InChI is InChI=1S/C15H13NO4/c17-15(18)14-7-2-1-5-12(14)9-8-11-4-3-6-13(10-11)16(19)20/h1-7,10H,8-9H2,(H,17,18). The van der Waals surface area contributed by atoms with E-state index in [1.54, 1.807) is 36.4 Å². The van der Waals surface area contributed by atoms with Crippen molar-refractivity contribution in [3.63, 3.8) is 0 Å². The van der Waals surface area contributed by atoms with Gasteiger partial charge in [0.15, 0.2) is 0 Å². The second-order valence-electron chi connectivity index (χ2n) is 4.39. The number of nitrogens with zero attached hydrogens (tertiary/aromatic N) is 1. The molecule has 0 atom stereocenters. The fraction of sp³-hybridized carbons (Fsp3) is 0.133. The van der Waals surface area contributed by atoms with Crippen LogP contribution in [0, 0.1) is 10.1 Å². The van der Waals surface area contributed by atoms with Crippen LogP contribution in [-0.2, 0) is 12.8 Å². The van der Waals surface area contributed by atoms with Gasteiger partial charge in [-0.2, -0.15) is 0 Å². The number of aryl methyl sites for hydroxylation is 2. The van der Waals surface area contributed by atoms with E-state index in [9.17, 15) is 14.9 Å². The summed E-state index contributed by atoms with van der Waals surface area (Å²) in [6.45, 7) is 0. The average molecular weight is 271 g/mol. The maximum absolute atomic E-state index is 11.1. The van der Waals surface area contributed by atoms with Gasteiger partial charge in [-0.3, -0.25) is 10.1 Å². The van der Waals surface area contributed by atoms with Crippen molar-refractivity contribution < 1.29 is 14.8 Å². The Bertz CT molecular complexity index is 652. The summed E-state index contributed by atoms with van der Waals surface area (Å²) in [6.07, 6.45) is 1.09. The molecule has 5 heteroatoms. The predicted octanol–water partition coefficient (Wildman–Crippen LogP) is 3.08. The predicted molar refractivity (Wildman–Crippen MR) is 73.9 cm³/mol. The van der Waals surface area contributed by atoms with E-state index in [0.29, 0.717) is 12.8 Å². The third-order valence-corrected chi connectivity index (χ3v) is 3.05. The van der Waals surface area contributed by atoms with Crippen LogP contribution in [0.2, 0.25) is 0 Å². The second-order valence-corrected chi connectivity index (χ2v) is 4.39. The lowest BCUT2D eigenvalue weighted by Gasteiger charge is -2.06. The first kappa shape index (κ1) is 13.7. The highest BCUT2D eigenvalue weighted by molar-refractivity contribution is 5.89. The van der Waals surface area contributed by atoms with Crippen molar-refractivity contribution in [1.82, 2.24) is 0 Å². The zero-order chi connectivity index (χ0) is 14.5. The minimum absolute atomic E-state index is 0.0500. The second kappa shape index (κ2) is 5.97. The minimum atomic E-state index is -0.959. The molecule has 2 aromatic rings. The molecule has 1 N–H and O–H groups in total. The third kappa shape index (κ3) is 3.20. The van der Waals surface area contributed by atoms with E-state index < -0.39 is 10.9 Å². The molecule has 20 heavy (non-hydrogen) atoms. The zero-order valence-electron chi connectivity index (χ0n) is 10.7. The van der Waals surface area contributed by atoms with Gasteiger partial charge in [-0.05, 0) is 30.0 Å². The maximum Gasteiger partial charge on any atom is 0.335 e. The van der Waals surface area contributed by atoms with Crippen LogP contribution in [0.1, 0.15) is 21.5 Å². The van der Waals surface area contributed by atoms with Crippen molar-refractivity contribution in [2.24, 2.45) is 0 Å². The van der Waals surface area contributed by atoms with Gasteiger partial charge in [0.05, 0.1) is 10.5 Å². The van der Waals surface area contributed by atoms with E-state index >= 15 is 0 Å². The quantitative estimate of drug-likeness (QED) is 0.669. The Kier molecular flexibility index (Phi) is 4.10. The molecule has 0 saturated carbocycles. The molecule has 2 aromatic carbocycles. The highest BCUT2D eigenvalue weighted by Gasteiger charge is 2.10. The monoisotopic (exact) mass is 271 g/mol. The van der Waals surface area contributed by atoms with Crippen LogP contribution < -0.4 is 0 Å². The van der Waals surface area contributed by atoms with Crippen molar-refractivity contribution >= 4 is 11.7 Å². The third-order valence-electron chi connectivity index (χ3n) is 3.05. The smallest absolute Gasteiger partial charge is 0.335 e. The topological polar surface area (TPSA) is 80.4 Å². The van der Waals surface area contributed by atoms with Crippen LogP contribution in [0.5, 0.6) is 0 Å². The molecule has 0 saturated heterocycles.